The molecule has 0 unspecified atom stereocenters. The van der Waals surface area contributed by atoms with Gasteiger partial charge in [0.05, 0.1) is 0 Å². The monoisotopic (exact) mass is 242 g/mol. The number of rotatable bonds is 3. The summed E-state index contributed by atoms with van der Waals surface area (Å²) in [5, 5.41) is 12.8. The second-order valence-electron chi connectivity index (χ2n) is 5.39. The van der Waals surface area contributed by atoms with Gasteiger partial charge < -0.3 is 9.84 Å². The lowest BCUT2D eigenvalue weighted by Gasteiger charge is -2.19. The van der Waals surface area contributed by atoms with Crippen molar-refractivity contribution < 1.29 is 9.84 Å². The Labute approximate surface area is 107 Å². The highest BCUT2D eigenvalue weighted by Crippen LogP contribution is 2.45. The largest absolute Gasteiger partial charge is 0.385 e. The highest BCUT2D eigenvalue weighted by Gasteiger charge is 2.33. The predicted molar refractivity (Wildman–Crippen MR) is 72.4 cm³/mol. The Balaban J connectivity index is 2.05. The Bertz CT molecular complexity index is 569. The molecule has 0 spiro atoms. The van der Waals surface area contributed by atoms with E-state index >= 15 is 0 Å². The second-order valence-corrected chi connectivity index (χ2v) is 5.39. The van der Waals surface area contributed by atoms with Crippen molar-refractivity contribution in [2.24, 2.45) is 5.92 Å². The van der Waals surface area contributed by atoms with Crippen molar-refractivity contribution in [3.8, 4) is 0 Å². The Morgan fingerprint density at radius 1 is 1.11 bits per heavy atom. The molecule has 3 rings (SSSR count). The number of benzene rings is 2. The molecule has 0 fully saturated rings. The first-order valence-electron chi connectivity index (χ1n) is 6.49. The van der Waals surface area contributed by atoms with Crippen molar-refractivity contribution in [2.45, 2.75) is 26.1 Å². The number of aliphatic hydroxyl groups excluding tert-OH is 1. The zero-order chi connectivity index (χ0) is 12.7. The van der Waals surface area contributed by atoms with Crippen LogP contribution in [0, 0.1) is 5.92 Å². The summed E-state index contributed by atoms with van der Waals surface area (Å²) >= 11 is 0. The van der Waals surface area contributed by atoms with Crippen LogP contribution in [0.1, 0.15) is 37.2 Å². The Morgan fingerprint density at radius 3 is 2.44 bits per heavy atom. The third-order valence-electron chi connectivity index (χ3n) is 3.49. The first-order chi connectivity index (χ1) is 8.68. The van der Waals surface area contributed by atoms with Crippen LogP contribution in [0.4, 0.5) is 0 Å². The molecule has 0 saturated heterocycles. The number of hydrogen-bond donors (Lipinski definition) is 1. The molecular formula is C16H18O2. The normalized spacial score (nSPS) is 22.0. The number of ether oxygens (including phenoxy) is 1. The van der Waals surface area contributed by atoms with Gasteiger partial charge in [-0.1, -0.05) is 50.2 Å². The van der Waals surface area contributed by atoms with E-state index in [1.165, 1.54) is 10.8 Å². The smallest absolute Gasteiger partial charge is 0.113 e. The molecule has 0 saturated carbocycles. The van der Waals surface area contributed by atoms with Gasteiger partial charge >= 0.3 is 0 Å². The van der Waals surface area contributed by atoms with Crippen LogP contribution >= 0.6 is 0 Å². The first-order valence-corrected chi connectivity index (χ1v) is 6.49. The van der Waals surface area contributed by atoms with Gasteiger partial charge in [-0.05, 0) is 27.8 Å². The Kier molecular flexibility index (Phi) is 2.84. The average molecular weight is 242 g/mol. The van der Waals surface area contributed by atoms with Crippen LogP contribution in [-0.4, -0.2) is 11.7 Å². The van der Waals surface area contributed by atoms with Gasteiger partial charge in [-0.15, -0.1) is 0 Å². The summed E-state index contributed by atoms with van der Waals surface area (Å²) in [6.45, 7) is 4.91. The van der Waals surface area contributed by atoms with Crippen molar-refractivity contribution in [1.82, 2.24) is 0 Å². The molecule has 0 heterocycles. The fourth-order valence-corrected chi connectivity index (χ4v) is 2.69. The fourth-order valence-electron chi connectivity index (χ4n) is 2.69. The van der Waals surface area contributed by atoms with Gasteiger partial charge in [-0.25, -0.2) is 0 Å². The lowest BCUT2D eigenvalue weighted by molar-refractivity contribution is -0.0440. The molecule has 0 amide bonds. The maximum atomic E-state index is 10.4. The lowest BCUT2D eigenvalue weighted by Crippen LogP contribution is -2.12. The quantitative estimate of drug-likeness (QED) is 0.891. The molecular weight excluding hydrogens is 224 g/mol. The molecule has 0 bridgehead atoms. The van der Waals surface area contributed by atoms with E-state index in [1.54, 1.807) is 0 Å². The summed E-state index contributed by atoms with van der Waals surface area (Å²) in [5.74, 6) is 0.472. The van der Waals surface area contributed by atoms with Crippen molar-refractivity contribution in [1.29, 1.82) is 0 Å². The minimum atomic E-state index is -0.537. The standard InChI is InChI=1S/C16H18O2/c1-10(2)9-18-16-13-8-4-6-11-5-3-7-12(14(11)13)15(16)17/h3-8,10,15-17H,9H2,1-2H3/t15-,16-/m0/s1. The molecule has 2 heteroatoms. The van der Waals surface area contributed by atoms with Gasteiger partial charge in [0.25, 0.3) is 0 Å². The van der Waals surface area contributed by atoms with Gasteiger partial charge in [0.2, 0.25) is 0 Å². The van der Waals surface area contributed by atoms with Crippen LogP contribution in [0.15, 0.2) is 36.4 Å². The van der Waals surface area contributed by atoms with Crippen LogP contribution in [0.2, 0.25) is 0 Å². The number of hydrogen-bond acceptors (Lipinski definition) is 2. The van der Waals surface area contributed by atoms with Crippen LogP contribution in [-0.2, 0) is 4.74 Å². The molecule has 2 atom stereocenters. The molecule has 0 radical (unpaired) electrons. The van der Waals surface area contributed by atoms with Gasteiger partial charge in [-0.3, -0.25) is 0 Å². The molecule has 0 aliphatic heterocycles. The maximum Gasteiger partial charge on any atom is 0.113 e. The molecule has 94 valence electrons. The van der Waals surface area contributed by atoms with E-state index in [0.717, 1.165) is 11.1 Å². The third kappa shape index (κ3) is 1.73. The Hall–Kier alpha value is -1.38. The lowest BCUT2D eigenvalue weighted by atomic mass is 10.1. The molecule has 1 aliphatic carbocycles. The van der Waals surface area contributed by atoms with Crippen molar-refractivity contribution in [3.63, 3.8) is 0 Å². The van der Waals surface area contributed by atoms with E-state index in [4.69, 9.17) is 4.74 Å². The van der Waals surface area contributed by atoms with Crippen molar-refractivity contribution in [3.05, 3.63) is 47.5 Å². The minimum absolute atomic E-state index is 0.214. The number of aliphatic hydroxyl groups is 1. The van der Waals surface area contributed by atoms with Gasteiger partial charge in [-0.2, -0.15) is 0 Å². The average Bonchev–Trinajstić information content (AvgIpc) is 2.63. The molecule has 1 N–H and O–H groups in total. The predicted octanol–water partition coefficient (Wildman–Crippen LogP) is 3.60. The summed E-state index contributed by atoms with van der Waals surface area (Å²) in [4.78, 5) is 0. The zero-order valence-electron chi connectivity index (χ0n) is 10.8. The summed E-state index contributed by atoms with van der Waals surface area (Å²) in [6, 6.07) is 12.3. The van der Waals surface area contributed by atoms with Gasteiger partial charge in [0, 0.05) is 6.61 Å². The molecule has 0 aromatic heterocycles. The molecule has 2 aromatic carbocycles. The van der Waals surface area contributed by atoms with Crippen LogP contribution in [0.5, 0.6) is 0 Å². The van der Waals surface area contributed by atoms with E-state index in [9.17, 15) is 5.11 Å². The topological polar surface area (TPSA) is 29.5 Å². The Morgan fingerprint density at radius 2 is 1.78 bits per heavy atom. The second kappa shape index (κ2) is 4.38. The summed E-state index contributed by atoms with van der Waals surface area (Å²) in [5.41, 5.74) is 2.12. The third-order valence-corrected chi connectivity index (χ3v) is 3.49. The zero-order valence-corrected chi connectivity index (χ0v) is 10.8. The van der Waals surface area contributed by atoms with Crippen LogP contribution in [0.3, 0.4) is 0 Å². The van der Waals surface area contributed by atoms with E-state index in [0.29, 0.717) is 12.5 Å². The van der Waals surface area contributed by atoms with E-state index in [-0.39, 0.29) is 6.10 Å². The van der Waals surface area contributed by atoms with Crippen molar-refractivity contribution in [2.75, 3.05) is 6.61 Å². The molecule has 1 aliphatic rings. The molecule has 2 aromatic rings. The van der Waals surface area contributed by atoms with E-state index < -0.39 is 6.10 Å². The van der Waals surface area contributed by atoms with Crippen molar-refractivity contribution >= 4 is 10.8 Å². The SMILES string of the molecule is CC(C)CO[C@H]1c2cccc3cccc(c23)[C@@H]1O. The van der Waals surface area contributed by atoms with E-state index in [2.05, 4.69) is 32.0 Å². The first kappa shape index (κ1) is 11.7. The van der Waals surface area contributed by atoms with Gasteiger partial charge in [0.15, 0.2) is 0 Å². The summed E-state index contributed by atoms with van der Waals surface area (Å²) in [6.07, 6.45) is -0.752. The summed E-state index contributed by atoms with van der Waals surface area (Å²) < 4.78 is 5.90. The molecule has 2 nitrogen and oxygen atoms in total. The van der Waals surface area contributed by atoms with Gasteiger partial charge in [0.1, 0.15) is 12.2 Å². The fraction of sp³-hybridized carbons (Fsp3) is 0.375. The summed E-state index contributed by atoms with van der Waals surface area (Å²) in [7, 11) is 0. The minimum Gasteiger partial charge on any atom is -0.385 e. The van der Waals surface area contributed by atoms with Crippen LogP contribution in [0.25, 0.3) is 10.8 Å². The molecule has 18 heavy (non-hydrogen) atoms. The van der Waals surface area contributed by atoms with Crippen LogP contribution < -0.4 is 0 Å². The van der Waals surface area contributed by atoms with E-state index in [1.807, 2.05) is 18.2 Å². The maximum absolute atomic E-state index is 10.4. The highest BCUT2D eigenvalue weighted by atomic mass is 16.5. The highest BCUT2D eigenvalue weighted by molar-refractivity contribution is 5.91.